The Bertz CT molecular complexity index is 322. The molecule has 1 amide bonds. The van der Waals surface area contributed by atoms with Gasteiger partial charge in [-0.15, -0.1) is 0 Å². The number of fused-ring (bicyclic) bond motifs is 1. The van der Waals surface area contributed by atoms with Crippen LogP contribution in [0.15, 0.2) is 24.3 Å². The molecule has 0 aliphatic carbocycles. The summed E-state index contributed by atoms with van der Waals surface area (Å²) >= 11 is 0. The Morgan fingerprint density at radius 2 is 2.23 bits per heavy atom. The molecule has 0 aromatic heterocycles. The number of nitrogens with zero attached hydrogens (tertiary/aromatic N) is 1. The van der Waals surface area contributed by atoms with E-state index < -0.39 is 0 Å². The van der Waals surface area contributed by atoms with Gasteiger partial charge in [-0.25, -0.2) is 0 Å². The van der Waals surface area contributed by atoms with Crippen molar-refractivity contribution in [2.24, 2.45) is 0 Å². The normalized spacial score (nSPS) is 21.0. The van der Waals surface area contributed by atoms with Crippen LogP contribution in [0, 0.1) is 0 Å². The van der Waals surface area contributed by atoms with E-state index in [1.807, 2.05) is 11.0 Å². The molecule has 1 heterocycles. The second-order valence-electron chi connectivity index (χ2n) is 3.47. The third-order valence-corrected chi connectivity index (χ3v) is 2.78. The average molecular weight is 175 g/mol. The lowest BCUT2D eigenvalue weighted by Crippen LogP contribution is -2.32. The third kappa shape index (κ3) is 1.32. The summed E-state index contributed by atoms with van der Waals surface area (Å²) in [4.78, 5) is 12.6. The Hall–Kier alpha value is -1.31. The van der Waals surface area contributed by atoms with Gasteiger partial charge in [0.05, 0.1) is 6.04 Å². The van der Waals surface area contributed by atoms with E-state index in [0.717, 1.165) is 19.4 Å². The maximum Gasteiger partial charge on any atom is 0.210 e. The quantitative estimate of drug-likeness (QED) is 0.595. The molecular weight excluding hydrogens is 162 g/mol. The zero-order valence-corrected chi connectivity index (χ0v) is 7.73. The Morgan fingerprint density at radius 1 is 1.46 bits per heavy atom. The predicted octanol–water partition coefficient (Wildman–Crippen LogP) is 1.76. The third-order valence-electron chi connectivity index (χ3n) is 2.78. The second-order valence-corrected chi connectivity index (χ2v) is 3.47. The van der Waals surface area contributed by atoms with Crippen LogP contribution in [0.1, 0.15) is 24.1 Å². The monoisotopic (exact) mass is 175 g/mol. The molecule has 1 aliphatic heterocycles. The van der Waals surface area contributed by atoms with E-state index in [-0.39, 0.29) is 6.04 Å². The van der Waals surface area contributed by atoms with E-state index in [4.69, 9.17) is 0 Å². The van der Waals surface area contributed by atoms with Gasteiger partial charge in [0.1, 0.15) is 0 Å². The van der Waals surface area contributed by atoms with Gasteiger partial charge >= 0.3 is 0 Å². The molecule has 0 radical (unpaired) electrons. The van der Waals surface area contributed by atoms with Gasteiger partial charge in [-0.1, -0.05) is 24.3 Å². The van der Waals surface area contributed by atoms with Crippen LogP contribution in [0.5, 0.6) is 0 Å². The van der Waals surface area contributed by atoms with E-state index in [0.29, 0.717) is 0 Å². The Morgan fingerprint density at radius 3 is 3.00 bits per heavy atom. The summed E-state index contributed by atoms with van der Waals surface area (Å²) < 4.78 is 0. The summed E-state index contributed by atoms with van der Waals surface area (Å²) in [6.45, 7) is 2.92. The van der Waals surface area contributed by atoms with Crippen molar-refractivity contribution >= 4 is 6.41 Å². The first-order valence-electron chi connectivity index (χ1n) is 4.62. The lowest BCUT2D eigenvalue weighted by Gasteiger charge is -2.32. The van der Waals surface area contributed by atoms with Crippen molar-refractivity contribution in [3.8, 4) is 0 Å². The lowest BCUT2D eigenvalue weighted by molar-refractivity contribution is -0.120. The van der Waals surface area contributed by atoms with Crippen molar-refractivity contribution < 1.29 is 4.79 Å². The Balaban J connectivity index is 2.38. The zero-order valence-electron chi connectivity index (χ0n) is 7.73. The molecular formula is C11H13NO. The van der Waals surface area contributed by atoms with Gasteiger partial charge in [-0.3, -0.25) is 4.79 Å². The fourth-order valence-corrected chi connectivity index (χ4v) is 1.94. The summed E-state index contributed by atoms with van der Waals surface area (Å²) in [5.41, 5.74) is 2.67. The minimum Gasteiger partial charge on any atom is -0.338 e. The highest BCUT2D eigenvalue weighted by Crippen LogP contribution is 2.27. The van der Waals surface area contributed by atoms with Crippen molar-refractivity contribution in [2.45, 2.75) is 19.4 Å². The van der Waals surface area contributed by atoms with Crippen LogP contribution < -0.4 is 0 Å². The molecule has 2 rings (SSSR count). The highest BCUT2D eigenvalue weighted by molar-refractivity contribution is 5.50. The van der Waals surface area contributed by atoms with Crippen molar-refractivity contribution in [2.75, 3.05) is 6.54 Å². The molecule has 13 heavy (non-hydrogen) atoms. The zero-order chi connectivity index (χ0) is 9.26. The largest absolute Gasteiger partial charge is 0.338 e. The molecule has 0 fully saturated rings. The van der Waals surface area contributed by atoms with Crippen LogP contribution >= 0.6 is 0 Å². The maximum absolute atomic E-state index is 10.7. The first-order chi connectivity index (χ1) is 6.33. The van der Waals surface area contributed by atoms with Gasteiger partial charge in [0.15, 0.2) is 0 Å². The fraction of sp³-hybridized carbons (Fsp3) is 0.364. The summed E-state index contributed by atoms with van der Waals surface area (Å²) in [7, 11) is 0. The number of benzene rings is 1. The van der Waals surface area contributed by atoms with Gasteiger partial charge in [0, 0.05) is 6.54 Å². The van der Waals surface area contributed by atoms with Crippen LogP contribution in [0.2, 0.25) is 0 Å². The minimum atomic E-state index is 0.238. The van der Waals surface area contributed by atoms with Gasteiger partial charge in [-0.05, 0) is 24.5 Å². The SMILES string of the molecule is CC1c2ccccc2CCN1C=O. The number of amides is 1. The number of rotatable bonds is 1. The maximum atomic E-state index is 10.7. The molecule has 2 nitrogen and oxygen atoms in total. The molecule has 1 aliphatic rings. The van der Waals surface area contributed by atoms with E-state index in [1.54, 1.807) is 0 Å². The molecule has 1 aromatic rings. The van der Waals surface area contributed by atoms with Crippen LogP contribution in [0.25, 0.3) is 0 Å². The van der Waals surface area contributed by atoms with Crippen LogP contribution in [-0.2, 0) is 11.2 Å². The summed E-state index contributed by atoms with van der Waals surface area (Å²) in [5, 5.41) is 0. The molecule has 2 heteroatoms. The molecule has 1 aromatic carbocycles. The first kappa shape index (κ1) is 8.30. The molecule has 0 bridgehead atoms. The van der Waals surface area contributed by atoms with Crippen LogP contribution in [0.3, 0.4) is 0 Å². The number of hydrogen-bond acceptors (Lipinski definition) is 1. The molecule has 0 saturated heterocycles. The van der Waals surface area contributed by atoms with Crippen LogP contribution in [0.4, 0.5) is 0 Å². The van der Waals surface area contributed by atoms with Gasteiger partial charge < -0.3 is 4.90 Å². The van der Waals surface area contributed by atoms with E-state index in [2.05, 4.69) is 25.1 Å². The fourth-order valence-electron chi connectivity index (χ4n) is 1.94. The van der Waals surface area contributed by atoms with Gasteiger partial charge in [-0.2, -0.15) is 0 Å². The highest BCUT2D eigenvalue weighted by Gasteiger charge is 2.21. The Kier molecular flexibility index (Phi) is 2.05. The van der Waals surface area contributed by atoms with E-state index >= 15 is 0 Å². The molecule has 68 valence electrons. The van der Waals surface area contributed by atoms with Crippen molar-refractivity contribution in [1.29, 1.82) is 0 Å². The standard InChI is InChI=1S/C11H13NO/c1-9-11-5-3-2-4-10(11)6-7-12(9)8-13/h2-5,8-9H,6-7H2,1H3. The average Bonchev–Trinajstić information content (AvgIpc) is 2.19. The van der Waals surface area contributed by atoms with Crippen LogP contribution in [-0.4, -0.2) is 17.9 Å². The molecule has 0 spiro atoms. The highest BCUT2D eigenvalue weighted by atomic mass is 16.1. The smallest absolute Gasteiger partial charge is 0.210 e. The molecule has 0 saturated carbocycles. The predicted molar refractivity (Wildman–Crippen MR) is 51.3 cm³/mol. The van der Waals surface area contributed by atoms with Gasteiger partial charge in [0.2, 0.25) is 6.41 Å². The van der Waals surface area contributed by atoms with Crippen molar-refractivity contribution in [3.63, 3.8) is 0 Å². The number of hydrogen-bond donors (Lipinski definition) is 0. The van der Waals surface area contributed by atoms with Crippen molar-refractivity contribution in [3.05, 3.63) is 35.4 Å². The molecule has 1 atom stereocenters. The lowest BCUT2D eigenvalue weighted by atomic mass is 9.94. The topological polar surface area (TPSA) is 20.3 Å². The minimum absolute atomic E-state index is 0.238. The van der Waals surface area contributed by atoms with E-state index in [9.17, 15) is 4.79 Å². The first-order valence-corrected chi connectivity index (χ1v) is 4.62. The van der Waals surface area contributed by atoms with Gasteiger partial charge in [0.25, 0.3) is 0 Å². The molecule has 0 N–H and O–H groups in total. The Labute approximate surface area is 78.2 Å². The van der Waals surface area contributed by atoms with E-state index in [1.165, 1.54) is 11.1 Å². The van der Waals surface area contributed by atoms with Crippen molar-refractivity contribution in [1.82, 2.24) is 4.90 Å². The second kappa shape index (κ2) is 3.21. The summed E-state index contributed by atoms with van der Waals surface area (Å²) in [5.74, 6) is 0. The summed E-state index contributed by atoms with van der Waals surface area (Å²) in [6.07, 6.45) is 1.93. The number of carbonyl (C=O) groups excluding carboxylic acids is 1. The molecule has 1 unspecified atom stereocenters. The summed E-state index contributed by atoms with van der Waals surface area (Å²) in [6, 6.07) is 8.58. The number of carbonyl (C=O) groups is 1.